The summed E-state index contributed by atoms with van der Waals surface area (Å²) >= 11 is 6.05. The Morgan fingerprint density at radius 2 is 1.40 bits per heavy atom. The first-order valence-corrected chi connectivity index (χ1v) is 11.7. The molecule has 0 unspecified atom stereocenters. The topological polar surface area (TPSA) is 58.9 Å². The summed E-state index contributed by atoms with van der Waals surface area (Å²) < 4.78 is 9.63. The minimum Gasteiger partial charge on any atom is -0.451 e. The second-order valence-corrected chi connectivity index (χ2v) is 11.6. The Hall–Kier alpha value is -2.39. The second-order valence-electron chi connectivity index (χ2n) is 7.48. The zero-order valence-corrected chi connectivity index (χ0v) is 18.8. The molecule has 0 aliphatic heterocycles. The van der Waals surface area contributed by atoms with Crippen LogP contribution in [-0.4, -0.2) is 23.5 Å². The molecule has 0 aromatic heterocycles. The minimum absolute atomic E-state index is 0.593. The van der Waals surface area contributed by atoms with Crippen LogP contribution in [0.25, 0.3) is 0 Å². The van der Waals surface area contributed by atoms with Gasteiger partial charge in [0.15, 0.2) is 0 Å². The lowest BCUT2D eigenvalue weighted by atomic mass is 9.98. The fourth-order valence-corrected chi connectivity index (χ4v) is 8.02. The molecule has 0 spiro atoms. The summed E-state index contributed by atoms with van der Waals surface area (Å²) in [7, 11) is -1.52. The average molecular weight is 442 g/mol. The molecule has 0 radical (unpaired) electrons. The van der Waals surface area contributed by atoms with Crippen molar-refractivity contribution >= 4 is 35.4 Å². The molecule has 4 nitrogen and oxygen atoms in total. The number of amides is 1. The predicted octanol–water partition coefficient (Wildman–Crippen LogP) is 5.77. The van der Waals surface area contributed by atoms with E-state index in [0.717, 1.165) is 10.6 Å². The number of ether oxygens (including phenoxy) is 1. The zero-order chi connectivity index (χ0) is 21.8. The normalized spacial score (nSPS) is 12.8. The molecule has 0 saturated carbocycles. The van der Waals surface area contributed by atoms with E-state index in [9.17, 15) is 9.90 Å². The largest absolute Gasteiger partial charge is 0.451 e. The van der Waals surface area contributed by atoms with E-state index in [-0.39, 0.29) is 0 Å². The first-order chi connectivity index (χ1) is 14.3. The maximum absolute atomic E-state index is 12.6. The summed E-state index contributed by atoms with van der Waals surface area (Å²) in [6.45, 7) is 3.90. The van der Waals surface area contributed by atoms with Gasteiger partial charge in [0.2, 0.25) is 0 Å². The lowest BCUT2D eigenvalue weighted by molar-refractivity contribution is 0.141. The van der Waals surface area contributed by atoms with Crippen molar-refractivity contribution in [1.29, 1.82) is 0 Å². The lowest BCUT2D eigenvalue weighted by Crippen LogP contribution is -2.39. The quantitative estimate of drug-likeness (QED) is 0.511. The number of nitrogens with zero attached hydrogens (tertiary/aromatic N) is 1. The summed E-state index contributed by atoms with van der Waals surface area (Å²) in [6, 6.07) is 26.5. The molecular formula is C24H25ClNO3P. The highest BCUT2D eigenvalue weighted by Crippen LogP contribution is 2.63. The number of rotatable bonds is 5. The molecule has 3 aromatic rings. The van der Waals surface area contributed by atoms with E-state index in [1.165, 1.54) is 7.11 Å². The van der Waals surface area contributed by atoms with Crippen LogP contribution in [-0.2, 0) is 4.74 Å². The van der Waals surface area contributed by atoms with Gasteiger partial charge in [-0.1, -0.05) is 98.2 Å². The molecule has 0 bridgehead atoms. The monoisotopic (exact) mass is 441 g/mol. The molecule has 0 aliphatic carbocycles. The molecule has 0 fully saturated rings. The molecule has 0 aliphatic rings. The Labute approximate surface area is 182 Å². The van der Waals surface area contributed by atoms with E-state index in [1.54, 1.807) is 24.3 Å². The first-order valence-electron chi connectivity index (χ1n) is 9.58. The highest BCUT2D eigenvalue weighted by atomic mass is 35.5. The summed E-state index contributed by atoms with van der Waals surface area (Å²) in [5.41, 5.74) is 0.709. The van der Waals surface area contributed by atoms with Crippen LogP contribution in [0.4, 0.5) is 4.79 Å². The van der Waals surface area contributed by atoms with Crippen molar-refractivity contribution in [1.82, 2.24) is 0 Å². The Kier molecular flexibility index (Phi) is 6.82. The van der Waals surface area contributed by atoms with Gasteiger partial charge in [-0.25, -0.2) is 4.79 Å². The first kappa shape index (κ1) is 22.3. The molecule has 30 heavy (non-hydrogen) atoms. The van der Waals surface area contributed by atoms with Gasteiger partial charge in [0.05, 0.1) is 13.2 Å². The van der Waals surface area contributed by atoms with E-state index >= 15 is 0 Å². The summed E-state index contributed by atoms with van der Waals surface area (Å²) in [6.07, 6.45) is -1.57. The fraction of sp³-hybridized carbons (Fsp3) is 0.208. The number of carbonyl (C=O) groups is 1. The van der Waals surface area contributed by atoms with Crippen LogP contribution >= 0.6 is 18.7 Å². The van der Waals surface area contributed by atoms with Crippen molar-refractivity contribution < 1.29 is 14.6 Å². The lowest BCUT2D eigenvalue weighted by Gasteiger charge is -2.43. The minimum atomic E-state index is -2.84. The fourth-order valence-electron chi connectivity index (χ4n) is 3.74. The third-order valence-electron chi connectivity index (χ3n) is 5.35. The van der Waals surface area contributed by atoms with Crippen molar-refractivity contribution in [3.8, 4) is 0 Å². The molecule has 1 atom stereocenters. The van der Waals surface area contributed by atoms with E-state index in [2.05, 4.69) is 4.74 Å². The number of halogens is 1. The van der Waals surface area contributed by atoms with E-state index in [1.807, 2.05) is 74.5 Å². The molecular weight excluding hydrogens is 417 g/mol. The SMILES string of the molecule is COC(=O)N=P(c1ccccc1)(c1ccccc1)C(C)(C)[C@H](O)c1ccc(Cl)cc1. The molecule has 0 saturated heterocycles. The van der Waals surface area contributed by atoms with Crippen molar-refractivity contribution in [2.24, 2.45) is 4.74 Å². The highest BCUT2D eigenvalue weighted by Gasteiger charge is 2.47. The standard InChI is InChI=1S/C24H25ClNO3P/c1-24(2,22(27)18-14-16-19(25)17-15-18)30(26-23(28)29-3,20-10-6-4-7-11-20)21-12-8-5-9-13-21/h4-17,22,27H,1-3H3/t22-/m1/s1. The number of aliphatic hydroxyl groups excluding tert-OH is 1. The zero-order valence-electron chi connectivity index (χ0n) is 17.2. The molecule has 156 valence electrons. The average Bonchev–Trinajstić information content (AvgIpc) is 2.78. The van der Waals surface area contributed by atoms with Gasteiger partial charge < -0.3 is 9.84 Å². The van der Waals surface area contributed by atoms with Gasteiger partial charge in [-0.05, 0) is 28.3 Å². The predicted molar refractivity (Wildman–Crippen MR) is 124 cm³/mol. The van der Waals surface area contributed by atoms with Gasteiger partial charge in [-0.2, -0.15) is 4.74 Å². The highest BCUT2D eigenvalue weighted by molar-refractivity contribution is 7.82. The van der Waals surface area contributed by atoms with E-state index in [4.69, 9.17) is 16.3 Å². The summed E-state index contributed by atoms with van der Waals surface area (Å²) in [5, 5.41) is 13.1. The van der Waals surface area contributed by atoms with Gasteiger partial charge in [-0.15, -0.1) is 0 Å². The summed E-state index contributed by atoms with van der Waals surface area (Å²) in [4.78, 5) is 12.6. The Balaban J connectivity index is 2.36. The van der Waals surface area contributed by atoms with E-state index < -0.39 is 24.4 Å². The van der Waals surface area contributed by atoms with Crippen LogP contribution < -0.4 is 10.6 Å². The maximum Gasteiger partial charge on any atom is 0.432 e. The summed E-state index contributed by atoms with van der Waals surface area (Å²) in [5.74, 6) is 0. The molecule has 6 heteroatoms. The van der Waals surface area contributed by atoms with Gasteiger partial charge in [0, 0.05) is 17.2 Å². The smallest absolute Gasteiger partial charge is 0.432 e. The number of aliphatic hydroxyl groups is 1. The third-order valence-corrected chi connectivity index (χ3v) is 10.1. The van der Waals surface area contributed by atoms with Gasteiger partial charge in [0.25, 0.3) is 0 Å². The molecule has 0 heterocycles. The van der Waals surface area contributed by atoms with Crippen molar-refractivity contribution in [2.45, 2.75) is 25.1 Å². The van der Waals surface area contributed by atoms with Crippen LogP contribution in [0.3, 0.4) is 0 Å². The Bertz CT molecular complexity index is 1010. The Morgan fingerprint density at radius 3 is 1.83 bits per heavy atom. The van der Waals surface area contributed by atoms with Crippen LogP contribution in [0.1, 0.15) is 25.5 Å². The van der Waals surface area contributed by atoms with Crippen molar-refractivity contribution in [3.05, 3.63) is 95.5 Å². The molecule has 1 N–H and O–H groups in total. The van der Waals surface area contributed by atoms with Gasteiger partial charge in [-0.3, -0.25) is 0 Å². The van der Waals surface area contributed by atoms with Crippen LogP contribution in [0, 0.1) is 0 Å². The third kappa shape index (κ3) is 4.09. The Morgan fingerprint density at radius 1 is 0.933 bits per heavy atom. The number of benzene rings is 3. The van der Waals surface area contributed by atoms with Crippen molar-refractivity contribution in [3.63, 3.8) is 0 Å². The second kappa shape index (κ2) is 9.18. The van der Waals surface area contributed by atoms with Gasteiger partial charge >= 0.3 is 6.09 Å². The van der Waals surface area contributed by atoms with Crippen LogP contribution in [0.2, 0.25) is 5.02 Å². The molecule has 1 amide bonds. The van der Waals surface area contributed by atoms with Crippen molar-refractivity contribution in [2.75, 3.05) is 7.11 Å². The number of methoxy groups -OCH3 is 1. The maximum atomic E-state index is 12.6. The van der Waals surface area contributed by atoms with Crippen LogP contribution in [0.5, 0.6) is 0 Å². The van der Waals surface area contributed by atoms with Crippen LogP contribution in [0.15, 0.2) is 89.7 Å². The molecule has 3 aromatic carbocycles. The number of hydrogen-bond donors (Lipinski definition) is 1. The number of carbonyl (C=O) groups excluding carboxylic acids is 1. The van der Waals surface area contributed by atoms with E-state index in [0.29, 0.717) is 10.6 Å². The molecule has 3 rings (SSSR count). The van der Waals surface area contributed by atoms with Gasteiger partial charge in [0.1, 0.15) is 0 Å². The number of hydrogen-bond acceptors (Lipinski definition) is 3.